The van der Waals surface area contributed by atoms with Crippen LogP contribution in [-0.2, 0) is 4.84 Å². The fraction of sp³-hybridized carbons (Fsp3) is 0.600. The van der Waals surface area contributed by atoms with E-state index in [0.29, 0.717) is 11.1 Å². The van der Waals surface area contributed by atoms with E-state index in [2.05, 4.69) is 0 Å². The zero-order valence-corrected chi connectivity index (χ0v) is 8.70. The van der Waals surface area contributed by atoms with Crippen LogP contribution in [0.1, 0.15) is 13.3 Å². The molecule has 1 rings (SSSR count). The first-order valence-electron chi connectivity index (χ1n) is 4.52. The van der Waals surface area contributed by atoms with Crippen LogP contribution in [0, 0.1) is 0 Å². The summed E-state index contributed by atoms with van der Waals surface area (Å²) in [5.41, 5.74) is 1.33. The summed E-state index contributed by atoms with van der Waals surface area (Å²) in [7, 11) is 3.06. The van der Waals surface area contributed by atoms with Crippen molar-refractivity contribution in [3.05, 3.63) is 23.3 Å². The van der Waals surface area contributed by atoms with Crippen LogP contribution >= 0.6 is 0 Å². The lowest BCUT2D eigenvalue weighted by Crippen LogP contribution is -2.33. The molecule has 2 atom stereocenters. The zero-order chi connectivity index (χ0) is 10.7. The minimum Gasteiger partial charge on any atom is -0.372 e. The highest BCUT2D eigenvalue weighted by Crippen LogP contribution is 2.24. The number of allylic oxidation sites excluding steroid dienone is 3. The van der Waals surface area contributed by atoms with Crippen LogP contribution in [0.2, 0.25) is 0 Å². The maximum atomic E-state index is 13.3. The third-order valence-corrected chi connectivity index (χ3v) is 2.43. The largest absolute Gasteiger partial charge is 0.372 e. The molecule has 1 aliphatic rings. The third-order valence-electron chi connectivity index (χ3n) is 2.43. The molecule has 4 heteroatoms. The van der Waals surface area contributed by atoms with Gasteiger partial charge in [-0.2, -0.15) is 5.06 Å². The van der Waals surface area contributed by atoms with Gasteiger partial charge < -0.3 is 5.11 Å². The van der Waals surface area contributed by atoms with Crippen molar-refractivity contribution in [1.29, 1.82) is 0 Å². The summed E-state index contributed by atoms with van der Waals surface area (Å²) in [6, 6.07) is 0. The molecular weight excluding hydrogens is 185 g/mol. The first-order chi connectivity index (χ1) is 6.56. The fourth-order valence-corrected chi connectivity index (χ4v) is 1.30. The lowest BCUT2D eigenvalue weighted by molar-refractivity contribution is -0.189. The van der Waals surface area contributed by atoms with Crippen molar-refractivity contribution >= 4 is 0 Å². The molecule has 80 valence electrons. The normalized spacial score (nSPS) is 24.6. The summed E-state index contributed by atoms with van der Waals surface area (Å²) in [4.78, 5) is 4.83. The number of alkyl halides is 1. The first-order valence-corrected chi connectivity index (χ1v) is 4.52. The second-order valence-corrected chi connectivity index (χ2v) is 3.43. The lowest BCUT2D eigenvalue weighted by atomic mass is 9.96. The van der Waals surface area contributed by atoms with Crippen molar-refractivity contribution < 1.29 is 14.3 Å². The summed E-state index contributed by atoms with van der Waals surface area (Å²) >= 11 is 0. The molecule has 2 unspecified atom stereocenters. The minimum absolute atomic E-state index is 0.233. The fourth-order valence-electron chi connectivity index (χ4n) is 1.30. The van der Waals surface area contributed by atoms with Gasteiger partial charge in [-0.05, 0) is 18.1 Å². The number of hydroxylamine groups is 2. The second kappa shape index (κ2) is 4.68. The Bertz CT molecular complexity index is 263. The Morgan fingerprint density at radius 2 is 2.29 bits per heavy atom. The molecule has 0 saturated carbocycles. The van der Waals surface area contributed by atoms with Crippen molar-refractivity contribution in [2.75, 3.05) is 14.2 Å². The number of aliphatic hydroxyl groups is 1. The number of halogens is 1. The number of rotatable bonds is 3. The Hall–Kier alpha value is -0.710. The van der Waals surface area contributed by atoms with E-state index < -0.39 is 12.4 Å². The number of hydrogen-bond acceptors (Lipinski definition) is 3. The van der Waals surface area contributed by atoms with Gasteiger partial charge in [-0.25, -0.2) is 4.39 Å². The van der Waals surface area contributed by atoms with Crippen LogP contribution in [-0.4, -0.2) is 36.7 Å². The van der Waals surface area contributed by atoms with Gasteiger partial charge in [-0.15, -0.1) is 0 Å². The second-order valence-electron chi connectivity index (χ2n) is 3.43. The molecule has 1 N–H and O–H groups in total. The van der Waals surface area contributed by atoms with Crippen LogP contribution in [0.15, 0.2) is 23.3 Å². The van der Waals surface area contributed by atoms with Gasteiger partial charge in [0.25, 0.3) is 0 Å². The van der Waals surface area contributed by atoms with E-state index in [9.17, 15) is 9.50 Å². The highest BCUT2D eigenvalue weighted by atomic mass is 19.1. The molecule has 0 heterocycles. The summed E-state index contributed by atoms with van der Waals surface area (Å²) in [5, 5.41) is 11.0. The molecule has 0 aliphatic heterocycles. The van der Waals surface area contributed by atoms with Gasteiger partial charge in [0.05, 0.1) is 7.11 Å². The monoisotopic (exact) mass is 201 g/mol. The number of aliphatic hydroxyl groups excluding tert-OH is 1. The highest BCUT2D eigenvalue weighted by molar-refractivity contribution is 5.28. The molecule has 0 radical (unpaired) electrons. The van der Waals surface area contributed by atoms with Crippen molar-refractivity contribution in [1.82, 2.24) is 5.06 Å². The van der Waals surface area contributed by atoms with E-state index in [1.165, 1.54) is 12.2 Å². The Morgan fingerprint density at radius 3 is 2.79 bits per heavy atom. The van der Waals surface area contributed by atoms with Crippen LogP contribution in [0.5, 0.6) is 0 Å². The topological polar surface area (TPSA) is 32.7 Å². The molecule has 0 aromatic heterocycles. The Labute approximate surface area is 83.4 Å². The molecule has 0 bridgehead atoms. The molecule has 0 fully saturated rings. The standard InChI is InChI=1S/C10H16FNO2/c1-7-4-5-8(6-9(7)11)10(13)12(2)14-3/h4-5,9-10,13H,6H2,1-3H3. The average molecular weight is 201 g/mol. The van der Waals surface area contributed by atoms with Gasteiger partial charge in [0.1, 0.15) is 6.17 Å². The highest BCUT2D eigenvalue weighted by Gasteiger charge is 2.22. The number of hydrogen-bond donors (Lipinski definition) is 1. The smallest absolute Gasteiger partial charge is 0.151 e. The van der Waals surface area contributed by atoms with Crippen molar-refractivity contribution in [2.45, 2.75) is 25.7 Å². The maximum absolute atomic E-state index is 13.3. The first kappa shape index (κ1) is 11.4. The van der Waals surface area contributed by atoms with Crippen molar-refractivity contribution in [3.63, 3.8) is 0 Å². The lowest BCUT2D eigenvalue weighted by Gasteiger charge is -2.26. The van der Waals surface area contributed by atoms with E-state index in [0.717, 1.165) is 0 Å². The molecule has 0 amide bonds. The van der Waals surface area contributed by atoms with E-state index in [1.807, 2.05) is 0 Å². The zero-order valence-electron chi connectivity index (χ0n) is 8.70. The van der Waals surface area contributed by atoms with Crippen LogP contribution in [0.3, 0.4) is 0 Å². The Balaban J connectivity index is 2.71. The summed E-state index contributed by atoms with van der Waals surface area (Å²) in [6.07, 6.45) is 1.80. The SMILES string of the molecule is CON(C)C(O)C1=CC=C(C)C(F)C1. The molecule has 0 spiro atoms. The van der Waals surface area contributed by atoms with Gasteiger partial charge in [0.2, 0.25) is 0 Å². The van der Waals surface area contributed by atoms with Gasteiger partial charge in [-0.3, -0.25) is 4.84 Å². The van der Waals surface area contributed by atoms with Crippen LogP contribution in [0.4, 0.5) is 4.39 Å². The van der Waals surface area contributed by atoms with Gasteiger partial charge in [0, 0.05) is 13.5 Å². The van der Waals surface area contributed by atoms with Gasteiger partial charge in [-0.1, -0.05) is 12.2 Å². The molecule has 1 aliphatic carbocycles. The molecule has 0 saturated heterocycles. The predicted octanol–water partition coefficient (Wildman–Crippen LogP) is 1.41. The Morgan fingerprint density at radius 1 is 1.64 bits per heavy atom. The van der Waals surface area contributed by atoms with Gasteiger partial charge in [0.15, 0.2) is 6.23 Å². The van der Waals surface area contributed by atoms with E-state index in [-0.39, 0.29) is 6.42 Å². The van der Waals surface area contributed by atoms with E-state index in [1.54, 1.807) is 26.1 Å². The molecule has 0 aromatic carbocycles. The molecule has 14 heavy (non-hydrogen) atoms. The summed E-state index contributed by atoms with van der Waals surface area (Å²) in [6.45, 7) is 1.74. The Kier molecular flexibility index (Phi) is 3.80. The minimum atomic E-state index is -0.991. The van der Waals surface area contributed by atoms with Gasteiger partial charge >= 0.3 is 0 Å². The van der Waals surface area contributed by atoms with Crippen molar-refractivity contribution in [3.8, 4) is 0 Å². The van der Waals surface area contributed by atoms with Crippen molar-refractivity contribution in [2.24, 2.45) is 0 Å². The number of likely N-dealkylation sites (N-methyl/N-ethyl adjacent to an activating group) is 1. The molecule has 0 aromatic rings. The quantitative estimate of drug-likeness (QED) is 0.553. The van der Waals surface area contributed by atoms with E-state index >= 15 is 0 Å². The maximum Gasteiger partial charge on any atom is 0.151 e. The number of nitrogens with zero attached hydrogens (tertiary/aromatic N) is 1. The summed E-state index contributed by atoms with van der Waals surface area (Å²) in [5.74, 6) is 0. The molecular formula is C10H16FNO2. The van der Waals surface area contributed by atoms with Crippen LogP contribution in [0.25, 0.3) is 0 Å². The third kappa shape index (κ3) is 2.41. The predicted molar refractivity (Wildman–Crippen MR) is 52.1 cm³/mol. The van der Waals surface area contributed by atoms with E-state index in [4.69, 9.17) is 4.84 Å². The summed E-state index contributed by atoms with van der Waals surface area (Å²) < 4.78 is 13.3. The average Bonchev–Trinajstić information content (AvgIpc) is 2.20. The van der Waals surface area contributed by atoms with Crippen LogP contribution < -0.4 is 0 Å². The molecule has 3 nitrogen and oxygen atoms in total.